The molecular formula is C13H19N3O2. The third kappa shape index (κ3) is 2.91. The fraction of sp³-hybridized carbons (Fsp3) is 0.538. The van der Waals surface area contributed by atoms with E-state index >= 15 is 0 Å². The molecule has 0 unspecified atom stereocenters. The standard InChI is InChI=1S/C13H19N3O2/c1-10(2)13(5-6-13)9-14-12(17)15-11-4-3-7-16(18)8-11/h3-4,7-8,10H,5-6,9H2,1-2H3,(H2,14,15,17). The molecule has 0 radical (unpaired) electrons. The third-order valence-corrected chi connectivity index (χ3v) is 3.75. The lowest BCUT2D eigenvalue weighted by Gasteiger charge is -2.20. The summed E-state index contributed by atoms with van der Waals surface area (Å²) in [5.74, 6) is 0.582. The van der Waals surface area contributed by atoms with Gasteiger partial charge in [0.1, 0.15) is 5.69 Å². The number of pyridine rings is 1. The van der Waals surface area contributed by atoms with Gasteiger partial charge < -0.3 is 15.8 Å². The van der Waals surface area contributed by atoms with Gasteiger partial charge in [-0.15, -0.1) is 0 Å². The number of hydrogen-bond acceptors (Lipinski definition) is 2. The molecular weight excluding hydrogens is 230 g/mol. The van der Waals surface area contributed by atoms with Gasteiger partial charge in [-0.05, 0) is 30.2 Å². The van der Waals surface area contributed by atoms with Crippen molar-refractivity contribution in [2.45, 2.75) is 26.7 Å². The Bertz CT molecular complexity index is 442. The number of rotatable bonds is 4. The van der Waals surface area contributed by atoms with E-state index < -0.39 is 0 Å². The zero-order chi connectivity index (χ0) is 13.2. The quantitative estimate of drug-likeness (QED) is 0.632. The maximum atomic E-state index is 11.7. The van der Waals surface area contributed by atoms with Crippen LogP contribution in [0.25, 0.3) is 0 Å². The molecule has 0 aliphatic heterocycles. The highest BCUT2D eigenvalue weighted by Crippen LogP contribution is 2.51. The second kappa shape index (κ2) is 4.84. The van der Waals surface area contributed by atoms with Gasteiger partial charge in [0.25, 0.3) is 0 Å². The summed E-state index contributed by atoms with van der Waals surface area (Å²) >= 11 is 0. The Kier molecular flexibility index (Phi) is 3.41. The van der Waals surface area contributed by atoms with Crippen molar-refractivity contribution in [1.29, 1.82) is 0 Å². The van der Waals surface area contributed by atoms with Gasteiger partial charge in [-0.2, -0.15) is 4.73 Å². The largest absolute Gasteiger partial charge is 0.619 e. The van der Waals surface area contributed by atoms with Crippen molar-refractivity contribution in [3.8, 4) is 0 Å². The molecule has 0 atom stereocenters. The first-order valence-corrected chi connectivity index (χ1v) is 6.25. The Balaban J connectivity index is 1.83. The fourth-order valence-electron chi connectivity index (χ4n) is 2.08. The van der Waals surface area contributed by atoms with Crippen LogP contribution in [0.4, 0.5) is 10.5 Å². The highest BCUT2D eigenvalue weighted by atomic mass is 16.5. The monoisotopic (exact) mass is 249 g/mol. The Labute approximate surface area is 107 Å². The van der Waals surface area contributed by atoms with E-state index in [1.165, 1.54) is 25.2 Å². The lowest BCUT2D eigenvalue weighted by molar-refractivity contribution is -0.604. The van der Waals surface area contributed by atoms with Gasteiger partial charge in [0.15, 0.2) is 6.20 Å². The summed E-state index contributed by atoms with van der Waals surface area (Å²) in [6, 6.07) is 3.02. The number of urea groups is 1. The summed E-state index contributed by atoms with van der Waals surface area (Å²) in [5.41, 5.74) is 0.784. The first-order valence-electron chi connectivity index (χ1n) is 6.25. The number of carbonyl (C=O) groups is 1. The van der Waals surface area contributed by atoms with E-state index in [-0.39, 0.29) is 11.4 Å². The van der Waals surface area contributed by atoms with E-state index in [0.717, 1.165) is 0 Å². The second-order valence-electron chi connectivity index (χ2n) is 5.28. The van der Waals surface area contributed by atoms with Crippen molar-refractivity contribution in [2.24, 2.45) is 11.3 Å². The van der Waals surface area contributed by atoms with Gasteiger partial charge in [-0.3, -0.25) is 0 Å². The second-order valence-corrected chi connectivity index (χ2v) is 5.28. The summed E-state index contributed by atoms with van der Waals surface area (Å²) in [7, 11) is 0. The van der Waals surface area contributed by atoms with E-state index in [9.17, 15) is 10.0 Å². The number of amides is 2. The van der Waals surface area contributed by atoms with Gasteiger partial charge in [-0.25, -0.2) is 4.79 Å². The van der Waals surface area contributed by atoms with Crippen LogP contribution in [0.3, 0.4) is 0 Å². The van der Waals surface area contributed by atoms with Crippen molar-refractivity contribution >= 4 is 11.7 Å². The van der Waals surface area contributed by atoms with Crippen molar-refractivity contribution in [3.63, 3.8) is 0 Å². The van der Waals surface area contributed by atoms with Crippen LogP contribution in [0, 0.1) is 16.5 Å². The summed E-state index contributed by atoms with van der Waals surface area (Å²) in [6.07, 6.45) is 5.06. The topological polar surface area (TPSA) is 68.1 Å². The molecule has 18 heavy (non-hydrogen) atoms. The van der Waals surface area contributed by atoms with Crippen molar-refractivity contribution in [2.75, 3.05) is 11.9 Å². The minimum atomic E-state index is -0.256. The molecule has 2 rings (SSSR count). The Hall–Kier alpha value is -1.78. The summed E-state index contributed by atoms with van der Waals surface area (Å²) < 4.78 is 0.659. The van der Waals surface area contributed by atoms with E-state index in [0.29, 0.717) is 22.9 Å². The van der Waals surface area contributed by atoms with Crippen molar-refractivity contribution in [1.82, 2.24) is 5.32 Å². The van der Waals surface area contributed by atoms with Crippen molar-refractivity contribution in [3.05, 3.63) is 29.7 Å². The first-order chi connectivity index (χ1) is 8.52. The summed E-state index contributed by atoms with van der Waals surface area (Å²) in [6.45, 7) is 5.06. The van der Waals surface area contributed by atoms with Gasteiger partial charge >= 0.3 is 6.03 Å². The van der Waals surface area contributed by atoms with Crippen molar-refractivity contribution < 1.29 is 9.52 Å². The SMILES string of the molecule is CC(C)C1(CNC(=O)Nc2ccc[n+]([O-])c2)CC1. The molecule has 0 aromatic carbocycles. The highest BCUT2D eigenvalue weighted by Gasteiger charge is 2.45. The Morgan fingerprint density at radius 1 is 1.56 bits per heavy atom. The van der Waals surface area contributed by atoms with Gasteiger partial charge in [0.2, 0.25) is 6.20 Å². The molecule has 1 aromatic rings. The Morgan fingerprint density at radius 3 is 2.83 bits per heavy atom. The zero-order valence-corrected chi connectivity index (χ0v) is 10.8. The van der Waals surface area contributed by atoms with Crippen LogP contribution in [0.2, 0.25) is 0 Å². The third-order valence-electron chi connectivity index (χ3n) is 3.75. The number of carbonyl (C=O) groups excluding carboxylic acids is 1. The minimum Gasteiger partial charge on any atom is -0.619 e. The van der Waals surface area contributed by atoms with Gasteiger partial charge in [0, 0.05) is 12.6 Å². The summed E-state index contributed by atoms with van der Waals surface area (Å²) in [5, 5.41) is 16.6. The van der Waals surface area contributed by atoms with E-state index in [4.69, 9.17) is 0 Å². The van der Waals surface area contributed by atoms with Crippen LogP contribution < -0.4 is 15.4 Å². The molecule has 1 heterocycles. The molecule has 1 fully saturated rings. The van der Waals surface area contributed by atoms with E-state index in [1.807, 2.05) is 0 Å². The zero-order valence-electron chi connectivity index (χ0n) is 10.8. The molecule has 2 N–H and O–H groups in total. The van der Waals surface area contributed by atoms with E-state index in [1.54, 1.807) is 12.1 Å². The lowest BCUT2D eigenvalue weighted by Crippen LogP contribution is -2.36. The maximum absolute atomic E-state index is 11.7. The van der Waals surface area contributed by atoms with Crippen LogP contribution in [0.15, 0.2) is 24.5 Å². The molecule has 1 saturated carbocycles. The van der Waals surface area contributed by atoms with Gasteiger partial charge in [0.05, 0.1) is 0 Å². The van der Waals surface area contributed by atoms with Crippen LogP contribution in [-0.2, 0) is 0 Å². The predicted octanol–water partition coefficient (Wildman–Crippen LogP) is 1.88. The fourth-order valence-corrected chi connectivity index (χ4v) is 2.08. The maximum Gasteiger partial charge on any atom is 0.319 e. The minimum absolute atomic E-state index is 0.256. The first kappa shape index (κ1) is 12.7. The average Bonchev–Trinajstić information content (AvgIpc) is 3.07. The van der Waals surface area contributed by atoms with Crippen LogP contribution in [0.5, 0.6) is 0 Å². The number of anilines is 1. The lowest BCUT2D eigenvalue weighted by atomic mass is 9.92. The molecule has 1 aliphatic carbocycles. The highest BCUT2D eigenvalue weighted by molar-refractivity contribution is 5.88. The molecule has 1 aliphatic rings. The molecule has 1 aromatic heterocycles. The van der Waals surface area contributed by atoms with Crippen LogP contribution >= 0.6 is 0 Å². The molecule has 5 heteroatoms. The Morgan fingerprint density at radius 2 is 2.28 bits per heavy atom. The molecule has 2 amide bonds. The van der Waals surface area contributed by atoms with Gasteiger partial charge in [-0.1, -0.05) is 13.8 Å². The number of nitrogens with one attached hydrogen (secondary N) is 2. The van der Waals surface area contributed by atoms with Crippen LogP contribution in [0.1, 0.15) is 26.7 Å². The number of hydrogen-bond donors (Lipinski definition) is 2. The summed E-state index contributed by atoms with van der Waals surface area (Å²) in [4.78, 5) is 11.7. The molecule has 0 spiro atoms. The number of nitrogens with zero attached hydrogens (tertiary/aromatic N) is 1. The smallest absolute Gasteiger partial charge is 0.319 e. The van der Waals surface area contributed by atoms with Crippen LogP contribution in [-0.4, -0.2) is 12.6 Å². The average molecular weight is 249 g/mol. The molecule has 0 bridgehead atoms. The normalized spacial score (nSPS) is 16.4. The molecule has 5 nitrogen and oxygen atoms in total. The molecule has 98 valence electrons. The number of aromatic nitrogens is 1. The molecule has 0 saturated heterocycles. The van der Waals surface area contributed by atoms with E-state index in [2.05, 4.69) is 24.5 Å². The predicted molar refractivity (Wildman–Crippen MR) is 68.9 cm³/mol.